The summed E-state index contributed by atoms with van der Waals surface area (Å²) in [6, 6.07) is 24.3. The first-order valence-corrected chi connectivity index (χ1v) is 13.0. The zero-order valence-electron chi connectivity index (χ0n) is 21.4. The Kier molecular flexibility index (Phi) is 10.1. The summed E-state index contributed by atoms with van der Waals surface area (Å²) in [5.74, 6) is -1.61. The van der Waals surface area contributed by atoms with E-state index in [1.807, 2.05) is 55.5 Å². The van der Waals surface area contributed by atoms with Crippen molar-refractivity contribution < 1.29 is 32.0 Å². The molecule has 0 aliphatic heterocycles. The predicted octanol–water partition coefficient (Wildman–Crippen LogP) is 4.25. The second-order valence-corrected chi connectivity index (χ2v) is 10.9. The third kappa shape index (κ3) is 9.80. The smallest absolute Gasteiger partial charge is 0.338 e. The van der Waals surface area contributed by atoms with Gasteiger partial charge in [0.15, 0.2) is 0 Å². The monoisotopic (exact) mass is 527 g/mol. The number of hydrogen-bond acceptors (Lipinski definition) is 7. The molecule has 3 rings (SSSR count). The summed E-state index contributed by atoms with van der Waals surface area (Å²) in [5, 5.41) is 0. The predicted molar refractivity (Wildman–Crippen MR) is 140 cm³/mol. The quantitative estimate of drug-likeness (QED) is 0.265. The fourth-order valence-electron chi connectivity index (χ4n) is 3.08. The third-order valence-electron chi connectivity index (χ3n) is 4.98. The van der Waals surface area contributed by atoms with Crippen molar-refractivity contribution in [2.45, 2.75) is 56.8 Å². The fourth-order valence-corrected chi connectivity index (χ4v) is 3.56. The summed E-state index contributed by atoms with van der Waals surface area (Å²) in [6.07, 6.45) is -0.00359. The van der Waals surface area contributed by atoms with E-state index in [1.54, 1.807) is 45.0 Å². The largest absolute Gasteiger partial charge is 0.459 e. The number of nitrogens with two attached hydrogens (primary N) is 1. The molecule has 0 aliphatic carbocycles. The van der Waals surface area contributed by atoms with Gasteiger partial charge in [0.25, 0.3) is 10.1 Å². The Bertz CT molecular complexity index is 1270. The van der Waals surface area contributed by atoms with E-state index in [-0.39, 0.29) is 17.9 Å². The first-order valence-electron chi connectivity index (χ1n) is 11.5. The molecule has 37 heavy (non-hydrogen) atoms. The zero-order valence-corrected chi connectivity index (χ0v) is 22.2. The van der Waals surface area contributed by atoms with Crippen molar-refractivity contribution in [2.24, 2.45) is 5.73 Å². The maximum atomic E-state index is 12.7. The van der Waals surface area contributed by atoms with Crippen LogP contribution in [-0.4, -0.2) is 36.0 Å². The van der Waals surface area contributed by atoms with Gasteiger partial charge >= 0.3 is 11.9 Å². The molecule has 8 nitrogen and oxygen atoms in total. The van der Waals surface area contributed by atoms with E-state index in [4.69, 9.17) is 19.8 Å². The second-order valence-electron chi connectivity index (χ2n) is 9.49. The van der Waals surface area contributed by atoms with Gasteiger partial charge in [0, 0.05) is 6.42 Å². The molecule has 0 aliphatic rings. The van der Waals surface area contributed by atoms with Gasteiger partial charge in [-0.05, 0) is 51.0 Å². The normalized spacial score (nSPS) is 12.9. The van der Waals surface area contributed by atoms with Crippen molar-refractivity contribution in [1.82, 2.24) is 0 Å². The summed E-state index contributed by atoms with van der Waals surface area (Å²) in [5.41, 5.74) is 6.08. The summed E-state index contributed by atoms with van der Waals surface area (Å²) < 4.78 is 40.3. The molecule has 0 unspecified atom stereocenters. The van der Waals surface area contributed by atoms with E-state index in [0.717, 1.165) is 16.7 Å². The minimum absolute atomic E-state index is 0.00359. The number of carbonyl (C=O) groups excluding carboxylic acids is 2. The molecule has 0 saturated heterocycles. The van der Waals surface area contributed by atoms with E-state index < -0.39 is 33.2 Å². The summed E-state index contributed by atoms with van der Waals surface area (Å²) in [4.78, 5) is 25.3. The molecular formula is C28H33NO7S. The molecule has 0 fully saturated rings. The van der Waals surface area contributed by atoms with E-state index in [1.165, 1.54) is 12.1 Å². The zero-order chi connectivity index (χ0) is 27.7. The van der Waals surface area contributed by atoms with Gasteiger partial charge in [0.05, 0.1) is 4.90 Å². The number of esters is 2. The average molecular weight is 528 g/mol. The van der Waals surface area contributed by atoms with Crippen molar-refractivity contribution in [3.05, 3.63) is 102 Å². The van der Waals surface area contributed by atoms with Crippen molar-refractivity contribution in [3.63, 3.8) is 0 Å². The van der Waals surface area contributed by atoms with Gasteiger partial charge in [-0.25, -0.2) is 9.59 Å². The van der Waals surface area contributed by atoms with Crippen LogP contribution in [0.4, 0.5) is 0 Å². The lowest BCUT2D eigenvalue weighted by Crippen LogP contribution is -2.59. The molecule has 0 heterocycles. The van der Waals surface area contributed by atoms with Gasteiger partial charge in [0.1, 0.15) is 12.2 Å². The third-order valence-corrected chi connectivity index (χ3v) is 5.85. The van der Waals surface area contributed by atoms with Gasteiger partial charge in [-0.1, -0.05) is 78.4 Å². The molecule has 0 aromatic heterocycles. The highest BCUT2D eigenvalue weighted by Crippen LogP contribution is 2.20. The standard InChI is InChI=1S/C21H25NO4.C7H8O3S/c1-20(2,3)26-19(24)21(22,14-16-10-6-4-7-11-16)18(23)25-15-17-12-8-5-9-13-17;1-6-2-4-7(5-3-6)11(8,9)10/h4-13H,14-15,22H2,1-3H3;2-5H,1H3,(H,8,9,10)/t21-;/m0./s1. The van der Waals surface area contributed by atoms with Crippen LogP contribution in [0.25, 0.3) is 0 Å². The topological polar surface area (TPSA) is 133 Å². The first kappa shape index (κ1) is 29.7. The van der Waals surface area contributed by atoms with Crippen molar-refractivity contribution in [3.8, 4) is 0 Å². The highest BCUT2D eigenvalue weighted by atomic mass is 32.2. The molecule has 0 saturated carbocycles. The molecule has 0 bridgehead atoms. The minimum atomic E-state index is -4.02. The van der Waals surface area contributed by atoms with Gasteiger partial charge in [-0.3, -0.25) is 4.55 Å². The van der Waals surface area contributed by atoms with Crippen molar-refractivity contribution in [2.75, 3.05) is 0 Å². The Morgan fingerprint density at radius 2 is 1.30 bits per heavy atom. The molecule has 0 amide bonds. The Morgan fingerprint density at radius 3 is 1.76 bits per heavy atom. The highest BCUT2D eigenvalue weighted by Gasteiger charge is 2.47. The molecule has 3 aromatic rings. The number of benzene rings is 3. The van der Waals surface area contributed by atoms with Crippen molar-refractivity contribution >= 4 is 22.1 Å². The fraction of sp³-hybridized carbons (Fsp3) is 0.286. The van der Waals surface area contributed by atoms with Gasteiger partial charge in [0.2, 0.25) is 5.54 Å². The van der Waals surface area contributed by atoms with Crippen LogP contribution in [0.15, 0.2) is 89.8 Å². The molecule has 198 valence electrons. The van der Waals surface area contributed by atoms with Crippen LogP contribution in [0, 0.1) is 6.92 Å². The SMILES string of the molecule is CC(C)(C)OC(=O)[C@](N)(Cc1ccccc1)C(=O)OCc1ccccc1.Cc1ccc(S(=O)(=O)O)cc1. The molecule has 3 N–H and O–H groups in total. The number of hydrogen-bond donors (Lipinski definition) is 2. The van der Waals surface area contributed by atoms with E-state index in [0.29, 0.717) is 0 Å². The first-order chi connectivity index (χ1) is 17.2. The van der Waals surface area contributed by atoms with Crippen LogP contribution >= 0.6 is 0 Å². The molecule has 3 aromatic carbocycles. The van der Waals surface area contributed by atoms with Crippen LogP contribution in [0.2, 0.25) is 0 Å². The Labute approximate surface area is 218 Å². The number of ether oxygens (including phenoxy) is 2. The van der Waals surface area contributed by atoms with E-state index in [2.05, 4.69) is 0 Å². The second kappa shape index (κ2) is 12.6. The van der Waals surface area contributed by atoms with Gasteiger partial charge in [-0.2, -0.15) is 8.42 Å². The van der Waals surface area contributed by atoms with Crippen molar-refractivity contribution in [1.29, 1.82) is 0 Å². The lowest BCUT2D eigenvalue weighted by Gasteiger charge is -2.29. The maximum absolute atomic E-state index is 12.7. The molecule has 0 spiro atoms. The lowest BCUT2D eigenvalue weighted by atomic mass is 9.91. The molecule has 0 radical (unpaired) electrons. The average Bonchev–Trinajstić information content (AvgIpc) is 2.83. The molecule has 9 heteroatoms. The Balaban J connectivity index is 0.000000364. The summed E-state index contributed by atoms with van der Waals surface area (Å²) >= 11 is 0. The Hall–Kier alpha value is -3.53. The van der Waals surface area contributed by atoms with Gasteiger partial charge < -0.3 is 15.2 Å². The van der Waals surface area contributed by atoms with Crippen LogP contribution in [0.1, 0.15) is 37.5 Å². The van der Waals surface area contributed by atoms with Gasteiger partial charge in [-0.15, -0.1) is 0 Å². The van der Waals surface area contributed by atoms with Crippen LogP contribution in [0.5, 0.6) is 0 Å². The van der Waals surface area contributed by atoms with Crippen LogP contribution in [0.3, 0.4) is 0 Å². The van der Waals surface area contributed by atoms with E-state index in [9.17, 15) is 18.0 Å². The summed E-state index contributed by atoms with van der Waals surface area (Å²) in [7, 11) is -4.02. The Morgan fingerprint density at radius 1 is 0.811 bits per heavy atom. The number of rotatable bonds is 7. The summed E-state index contributed by atoms with van der Waals surface area (Å²) in [6.45, 7) is 7.05. The maximum Gasteiger partial charge on any atom is 0.338 e. The molecule has 1 atom stereocenters. The lowest BCUT2D eigenvalue weighted by molar-refractivity contribution is -0.172. The number of aryl methyl sites for hydroxylation is 1. The highest BCUT2D eigenvalue weighted by molar-refractivity contribution is 7.85. The minimum Gasteiger partial charge on any atom is -0.459 e. The van der Waals surface area contributed by atoms with Crippen LogP contribution in [-0.2, 0) is 42.2 Å². The molecular weight excluding hydrogens is 494 g/mol. The number of carbonyl (C=O) groups is 2. The van der Waals surface area contributed by atoms with Crippen LogP contribution < -0.4 is 5.73 Å². The van der Waals surface area contributed by atoms with E-state index >= 15 is 0 Å².